The summed E-state index contributed by atoms with van der Waals surface area (Å²) in [5, 5.41) is 2.57. The molecular weight excluding hydrogens is 312 g/mol. The number of ether oxygens (including phenoxy) is 1. The summed E-state index contributed by atoms with van der Waals surface area (Å²) in [6, 6.07) is 8.60. The quantitative estimate of drug-likeness (QED) is 0.636. The van der Waals surface area contributed by atoms with Gasteiger partial charge in [-0.05, 0) is 18.6 Å². The normalized spacial score (nSPS) is 17.8. The summed E-state index contributed by atoms with van der Waals surface area (Å²) in [6.45, 7) is 0.378. The van der Waals surface area contributed by atoms with Crippen molar-refractivity contribution in [3.8, 4) is 0 Å². The molecule has 24 heavy (non-hydrogen) atoms. The summed E-state index contributed by atoms with van der Waals surface area (Å²) in [4.78, 5) is 49.2. The molecule has 0 saturated carbocycles. The number of rotatable bonds is 4. The Morgan fingerprint density at radius 3 is 2.58 bits per heavy atom. The van der Waals surface area contributed by atoms with Crippen LogP contribution in [0.15, 0.2) is 30.3 Å². The number of carbonyl (C=O) groups is 4. The van der Waals surface area contributed by atoms with E-state index in [4.69, 9.17) is 0 Å². The minimum absolute atomic E-state index is 0.109. The Balaban J connectivity index is 1.88. The second-order valence-corrected chi connectivity index (χ2v) is 5.51. The number of benzene rings is 1. The van der Waals surface area contributed by atoms with Gasteiger partial charge >= 0.3 is 5.97 Å². The van der Waals surface area contributed by atoms with Crippen LogP contribution in [0.4, 0.5) is 0 Å². The molecule has 2 rings (SSSR count). The zero-order valence-electron chi connectivity index (χ0n) is 13.5. The minimum atomic E-state index is -0.813. The molecule has 0 aliphatic carbocycles. The number of hydrogen-bond acceptors (Lipinski definition) is 5. The Bertz CT molecular complexity index is 629. The molecule has 0 bridgehead atoms. The monoisotopic (exact) mass is 332 g/mol. The maximum atomic E-state index is 12.2. The van der Waals surface area contributed by atoms with Crippen LogP contribution >= 0.6 is 0 Å². The molecule has 1 N–H and O–H groups in total. The highest BCUT2D eigenvalue weighted by atomic mass is 16.5. The lowest BCUT2D eigenvalue weighted by molar-refractivity contribution is -0.149. The third kappa shape index (κ3) is 4.41. The first-order valence-electron chi connectivity index (χ1n) is 7.74. The summed E-state index contributed by atoms with van der Waals surface area (Å²) in [6.07, 6.45) is 0.349. The van der Waals surface area contributed by atoms with Crippen LogP contribution in [-0.4, -0.2) is 55.2 Å². The van der Waals surface area contributed by atoms with Gasteiger partial charge in [-0.3, -0.25) is 19.2 Å². The molecule has 1 heterocycles. The second kappa shape index (κ2) is 8.24. The Morgan fingerprint density at radius 2 is 1.92 bits per heavy atom. The molecule has 1 atom stereocenters. The van der Waals surface area contributed by atoms with Crippen molar-refractivity contribution in [1.29, 1.82) is 0 Å². The van der Waals surface area contributed by atoms with Crippen LogP contribution in [0.2, 0.25) is 0 Å². The number of nitrogens with zero attached hydrogens (tertiary/aromatic N) is 1. The summed E-state index contributed by atoms with van der Waals surface area (Å²) in [5.74, 6) is -2.20. The standard InChI is InChI=1S/C17H20N2O5/c1-24-17(23)13-7-9-19(10-8-14(13)20)15(21)11-18-16(22)12-5-3-2-4-6-12/h2-6,13H,7-11H2,1H3,(H,18,22). The molecule has 1 aromatic rings. The number of carbonyl (C=O) groups excluding carboxylic acids is 4. The fourth-order valence-electron chi connectivity index (χ4n) is 2.58. The van der Waals surface area contributed by atoms with Crippen LogP contribution in [0.1, 0.15) is 23.2 Å². The number of ketones is 1. The predicted molar refractivity (Wildman–Crippen MR) is 85.1 cm³/mol. The molecule has 1 aromatic carbocycles. The fourth-order valence-corrected chi connectivity index (χ4v) is 2.58. The van der Waals surface area contributed by atoms with Gasteiger partial charge in [-0.1, -0.05) is 18.2 Å². The summed E-state index contributed by atoms with van der Waals surface area (Å²) < 4.78 is 4.62. The van der Waals surface area contributed by atoms with Crippen LogP contribution in [0, 0.1) is 5.92 Å². The average molecular weight is 332 g/mol. The van der Waals surface area contributed by atoms with Crippen molar-refractivity contribution in [3.63, 3.8) is 0 Å². The van der Waals surface area contributed by atoms with Gasteiger partial charge in [0.25, 0.3) is 5.91 Å². The van der Waals surface area contributed by atoms with Crippen molar-refractivity contribution < 1.29 is 23.9 Å². The number of likely N-dealkylation sites (tertiary alicyclic amines) is 1. The first kappa shape index (κ1) is 17.7. The van der Waals surface area contributed by atoms with Gasteiger partial charge in [-0.2, -0.15) is 0 Å². The van der Waals surface area contributed by atoms with E-state index in [0.29, 0.717) is 5.56 Å². The van der Waals surface area contributed by atoms with E-state index in [1.165, 1.54) is 12.0 Å². The highest BCUT2D eigenvalue weighted by Crippen LogP contribution is 2.15. The molecule has 0 aromatic heterocycles. The third-order valence-electron chi connectivity index (χ3n) is 3.98. The Hall–Kier alpha value is -2.70. The maximum Gasteiger partial charge on any atom is 0.316 e. The van der Waals surface area contributed by atoms with Crippen molar-refractivity contribution in [1.82, 2.24) is 10.2 Å². The first-order chi connectivity index (χ1) is 11.5. The van der Waals surface area contributed by atoms with E-state index in [-0.39, 0.29) is 50.1 Å². The van der Waals surface area contributed by atoms with Crippen LogP contribution in [0.5, 0.6) is 0 Å². The lowest BCUT2D eigenvalue weighted by Gasteiger charge is -2.20. The largest absolute Gasteiger partial charge is 0.468 e. The van der Waals surface area contributed by atoms with E-state index in [9.17, 15) is 19.2 Å². The predicted octanol–water partition coefficient (Wildman–Crippen LogP) is 0.397. The van der Waals surface area contributed by atoms with Gasteiger partial charge in [0.05, 0.1) is 13.7 Å². The van der Waals surface area contributed by atoms with Crippen LogP contribution in [-0.2, 0) is 19.1 Å². The van der Waals surface area contributed by atoms with E-state index in [0.717, 1.165) is 0 Å². The highest BCUT2D eigenvalue weighted by Gasteiger charge is 2.31. The van der Waals surface area contributed by atoms with E-state index < -0.39 is 11.9 Å². The third-order valence-corrected chi connectivity index (χ3v) is 3.98. The van der Waals surface area contributed by atoms with Gasteiger partial charge in [0.2, 0.25) is 5.91 Å². The molecule has 128 valence electrons. The molecule has 0 spiro atoms. The summed E-state index contributed by atoms with van der Waals surface area (Å²) in [5.41, 5.74) is 0.474. The highest BCUT2D eigenvalue weighted by molar-refractivity contribution is 6.00. The molecule has 1 saturated heterocycles. The molecule has 1 aliphatic rings. The van der Waals surface area contributed by atoms with Gasteiger partial charge in [-0.25, -0.2) is 0 Å². The van der Waals surface area contributed by atoms with Gasteiger partial charge in [-0.15, -0.1) is 0 Å². The van der Waals surface area contributed by atoms with Crippen LogP contribution in [0.3, 0.4) is 0 Å². The summed E-state index contributed by atoms with van der Waals surface area (Å²) in [7, 11) is 1.24. The average Bonchev–Trinajstić information content (AvgIpc) is 2.81. The number of hydrogen-bond donors (Lipinski definition) is 1. The molecule has 2 amide bonds. The zero-order valence-corrected chi connectivity index (χ0v) is 13.5. The lowest BCUT2D eigenvalue weighted by atomic mass is 10.00. The molecule has 1 aliphatic heterocycles. The second-order valence-electron chi connectivity index (χ2n) is 5.51. The number of esters is 1. The van der Waals surface area contributed by atoms with Gasteiger partial charge in [0.15, 0.2) is 0 Å². The van der Waals surface area contributed by atoms with Crippen molar-refractivity contribution in [3.05, 3.63) is 35.9 Å². The zero-order chi connectivity index (χ0) is 17.5. The van der Waals surface area contributed by atoms with E-state index in [1.54, 1.807) is 30.3 Å². The molecule has 1 fully saturated rings. The molecule has 7 heteroatoms. The van der Waals surface area contributed by atoms with E-state index >= 15 is 0 Å². The van der Waals surface area contributed by atoms with Gasteiger partial charge in [0, 0.05) is 25.1 Å². The lowest BCUT2D eigenvalue weighted by Crippen LogP contribution is -2.40. The number of Topliss-reactive ketones (excluding diaryl/α,β-unsaturated/α-hetero) is 1. The Labute approximate surface area is 140 Å². The van der Waals surface area contributed by atoms with Crippen molar-refractivity contribution >= 4 is 23.6 Å². The Morgan fingerprint density at radius 1 is 1.21 bits per heavy atom. The van der Waals surface area contributed by atoms with Crippen LogP contribution in [0.25, 0.3) is 0 Å². The smallest absolute Gasteiger partial charge is 0.316 e. The molecule has 1 unspecified atom stereocenters. The summed E-state index contributed by atoms with van der Waals surface area (Å²) >= 11 is 0. The van der Waals surface area contributed by atoms with E-state index in [2.05, 4.69) is 10.1 Å². The number of methoxy groups -OCH3 is 1. The van der Waals surface area contributed by atoms with Gasteiger partial charge in [0.1, 0.15) is 11.7 Å². The molecule has 0 radical (unpaired) electrons. The number of nitrogens with one attached hydrogen (secondary N) is 1. The maximum absolute atomic E-state index is 12.2. The van der Waals surface area contributed by atoms with Crippen LogP contribution < -0.4 is 5.32 Å². The minimum Gasteiger partial charge on any atom is -0.468 e. The van der Waals surface area contributed by atoms with Crippen molar-refractivity contribution in [2.45, 2.75) is 12.8 Å². The molecule has 7 nitrogen and oxygen atoms in total. The first-order valence-corrected chi connectivity index (χ1v) is 7.74. The number of amides is 2. The van der Waals surface area contributed by atoms with Crippen molar-refractivity contribution in [2.24, 2.45) is 5.92 Å². The van der Waals surface area contributed by atoms with E-state index in [1.807, 2.05) is 0 Å². The molecular formula is C17H20N2O5. The van der Waals surface area contributed by atoms with Gasteiger partial charge < -0.3 is 15.0 Å². The SMILES string of the molecule is COC(=O)C1CCN(C(=O)CNC(=O)c2ccccc2)CCC1=O. The van der Waals surface area contributed by atoms with Crippen molar-refractivity contribution in [2.75, 3.05) is 26.7 Å². The topological polar surface area (TPSA) is 92.8 Å². The Kier molecular flexibility index (Phi) is 6.06. The fraction of sp³-hybridized carbons (Fsp3) is 0.412.